The molecule has 0 unspecified atom stereocenters. The molecule has 4 nitrogen and oxygen atoms in total. The normalized spacial score (nSPS) is 17.1. The molecule has 2 aromatic carbocycles. The summed E-state index contributed by atoms with van der Waals surface area (Å²) in [6.07, 6.45) is -0.253. The molecule has 5 heteroatoms. The van der Waals surface area contributed by atoms with Crippen molar-refractivity contribution < 1.29 is 9.53 Å². The van der Waals surface area contributed by atoms with Crippen molar-refractivity contribution in [3.63, 3.8) is 0 Å². The van der Waals surface area contributed by atoms with Gasteiger partial charge >= 0.3 is 0 Å². The maximum atomic E-state index is 12.8. The predicted molar refractivity (Wildman–Crippen MR) is 87.2 cm³/mol. The Morgan fingerprint density at radius 3 is 2.82 bits per heavy atom. The Kier molecular flexibility index (Phi) is 4.32. The van der Waals surface area contributed by atoms with Crippen molar-refractivity contribution in [2.45, 2.75) is 6.17 Å². The van der Waals surface area contributed by atoms with E-state index >= 15 is 0 Å². The highest BCUT2D eigenvalue weighted by atomic mass is 35.5. The number of methoxy groups -OCH3 is 1. The molecule has 1 atom stereocenters. The van der Waals surface area contributed by atoms with Gasteiger partial charge in [0.15, 0.2) is 0 Å². The summed E-state index contributed by atoms with van der Waals surface area (Å²) < 4.78 is 5.14. The Morgan fingerprint density at radius 2 is 2.05 bits per heavy atom. The van der Waals surface area contributed by atoms with Gasteiger partial charge in [0.05, 0.1) is 12.2 Å². The van der Waals surface area contributed by atoms with E-state index in [1.54, 1.807) is 12.0 Å². The molecular weight excluding hydrogens is 300 g/mol. The van der Waals surface area contributed by atoms with Crippen LogP contribution in [0.4, 0.5) is 5.69 Å². The number of carbonyl (C=O) groups excluding carboxylic acids is 1. The maximum absolute atomic E-state index is 12.8. The predicted octanol–water partition coefficient (Wildman–Crippen LogP) is 3.55. The molecule has 1 N–H and O–H groups in total. The molecular formula is C17H17ClN2O2. The second-order valence-corrected chi connectivity index (χ2v) is 5.58. The zero-order valence-electron chi connectivity index (χ0n) is 12.3. The number of anilines is 1. The van der Waals surface area contributed by atoms with E-state index in [2.05, 4.69) is 5.32 Å². The summed E-state index contributed by atoms with van der Waals surface area (Å²) >= 11 is 6.10. The van der Waals surface area contributed by atoms with Gasteiger partial charge in [0.2, 0.25) is 0 Å². The number of halogens is 1. The van der Waals surface area contributed by atoms with Crippen LogP contribution in [0.2, 0.25) is 5.02 Å². The molecule has 22 heavy (non-hydrogen) atoms. The van der Waals surface area contributed by atoms with Gasteiger partial charge in [-0.05, 0) is 29.8 Å². The molecule has 114 valence electrons. The molecule has 0 radical (unpaired) electrons. The third-order valence-electron chi connectivity index (χ3n) is 3.72. The van der Waals surface area contributed by atoms with Gasteiger partial charge in [-0.3, -0.25) is 4.79 Å². The largest absolute Gasteiger partial charge is 0.383 e. The monoisotopic (exact) mass is 316 g/mol. The minimum atomic E-state index is -0.253. The van der Waals surface area contributed by atoms with Crippen molar-refractivity contribution in [3.8, 4) is 0 Å². The Bertz CT molecular complexity index is 690. The lowest BCUT2D eigenvalue weighted by Gasteiger charge is -2.38. The number of benzene rings is 2. The molecule has 0 bridgehead atoms. The summed E-state index contributed by atoms with van der Waals surface area (Å²) in [7, 11) is 1.63. The number of nitrogens with zero attached hydrogens (tertiary/aromatic N) is 1. The summed E-state index contributed by atoms with van der Waals surface area (Å²) in [5, 5.41) is 4.07. The minimum absolute atomic E-state index is 0.00336. The number of rotatable bonds is 4. The summed E-state index contributed by atoms with van der Waals surface area (Å²) in [5.74, 6) is -0.00336. The first-order chi connectivity index (χ1) is 10.7. The van der Waals surface area contributed by atoms with Crippen LogP contribution in [-0.4, -0.2) is 31.1 Å². The number of amides is 1. The zero-order chi connectivity index (χ0) is 15.5. The van der Waals surface area contributed by atoms with Crippen molar-refractivity contribution in [1.82, 2.24) is 4.90 Å². The van der Waals surface area contributed by atoms with E-state index in [0.29, 0.717) is 23.7 Å². The molecule has 0 saturated carbocycles. The molecule has 1 amide bonds. The molecule has 2 aromatic rings. The molecule has 1 aliphatic rings. The average Bonchev–Trinajstić information content (AvgIpc) is 2.54. The Morgan fingerprint density at radius 1 is 1.23 bits per heavy atom. The van der Waals surface area contributed by atoms with Crippen molar-refractivity contribution in [3.05, 3.63) is 64.7 Å². The Labute approximate surface area is 134 Å². The van der Waals surface area contributed by atoms with Crippen LogP contribution in [0.1, 0.15) is 22.1 Å². The van der Waals surface area contributed by atoms with E-state index in [1.807, 2.05) is 48.5 Å². The van der Waals surface area contributed by atoms with Crippen molar-refractivity contribution in [2.75, 3.05) is 25.6 Å². The second kappa shape index (κ2) is 6.38. The lowest BCUT2D eigenvalue weighted by molar-refractivity contribution is 0.0609. The lowest BCUT2D eigenvalue weighted by atomic mass is 10.0. The summed E-state index contributed by atoms with van der Waals surface area (Å²) in [6.45, 7) is 0.987. The van der Waals surface area contributed by atoms with E-state index in [1.165, 1.54) is 0 Å². The molecule has 0 aromatic heterocycles. The molecule has 0 spiro atoms. The molecule has 1 aliphatic heterocycles. The minimum Gasteiger partial charge on any atom is -0.383 e. The topological polar surface area (TPSA) is 41.6 Å². The lowest BCUT2D eigenvalue weighted by Crippen LogP contribution is -2.44. The molecule has 0 fully saturated rings. The van der Waals surface area contributed by atoms with Gasteiger partial charge in [-0.15, -0.1) is 0 Å². The molecule has 0 aliphatic carbocycles. The quantitative estimate of drug-likeness (QED) is 0.938. The highest BCUT2D eigenvalue weighted by Crippen LogP contribution is 2.33. The van der Waals surface area contributed by atoms with Crippen molar-refractivity contribution in [1.29, 1.82) is 0 Å². The number of nitrogens with one attached hydrogen (secondary N) is 1. The number of fused-ring (bicyclic) bond motifs is 1. The number of carbonyl (C=O) groups is 1. The number of hydrogen-bond acceptors (Lipinski definition) is 3. The van der Waals surface area contributed by atoms with E-state index in [9.17, 15) is 4.79 Å². The third-order valence-corrected chi connectivity index (χ3v) is 3.96. The molecule has 0 saturated heterocycles. The van der Waals surface area contributed by atoms with E-state index in [-0.39, 0.29) is 12.1 Å². The van der Waals surface area contributed by atoms with Gasteiger partial charge in [-0.25, -0.2) is 0 Å². The average molecular weight is 317 g/mol. The van der Waals surface area contributed by atoms with Crippen LogP contribution < -0.4 is 5.32 Å². The number of hydrogen-bond donors (Lipinski definition) is 1. The SMILES string of the molecule is COCCN1C(=O)c2ccccc2N[C@H]1c1cccc(Cl)c1. The first kappa shape index (κ1) is 14.9. The van der Waals surface area contributed by atoms with Crippen molar-refractivity contribution >= 4 is 23.2 Å². The smallest absolute Gasteiger partial charge is 0.257 e. The summed E-state index contributed by atoms with van der Waals surface area (Å²) in [4.78, 5) is 14.6. The van der Waals surface area contributed by atoms with Crippen LogP contribution in [-0.2, 0) is 4.74 Å². The van der Waals surface area contributed by atoms with E-state index in [0.717, 1.165) is 11.3 Å². The maximum Gasteiger partial charge on any atom is 0.257 e. The number of ether oxygens (including phenoxy) is 1. The van der Waals surface area contributed by atoms with Gasteiger partial charge in [0.1, 0.15) is 6.17 Å². The van der Waals surface area contributed by atoms with Gasteiger partial charge in [0.25, 0.3) is 5.91 Å². The molecule has 3 rings (SSSR count). The van der Waals surface area contributed by atoms with Crippen LogP contribution in [0.25, 0.3) is 0 Å². The summed E-state index contributed by atoms with van der Waals surface area (Å²) in [6, 6.07) is 15.1. The van der Waals surface area contributed by atoms with Crippen LogP contribution in [0, 0.1) is 0 Å². The van der Waals surface area contributed by atoms with E-state index < -0.39 is 0 Å². The first-order valence-corrected chi connectivity index (χ1v) is 7.49. The third kappa shape index (κ3) is 2.80. The fourth-order valence-corrected chi connectivity index (χ4v) is 2.85. The van der Waals surface area contributed by atoms with Crippen LogP contribution in [0.3, 0.4) is 0 Å². The standard InChI is InChI=1S/C17H17ClN2O2/c1-22-10-9-20-16(12-5-4-6-13(18)11-12)19-15-8-3-2-7-14(15)17(20)21/h2-8,11,16,19H,9-10H2,1H3/t16-/m1/s1. The van der Waals surface area contributed by atoms with Gasteiger partial charge in [-0.1, -0.05) is 35.9 Å². The van der Waals surface area contributed by atoms with Crippen LogP contribution in [0.15, 0.2) is 48.5 Å². The van der Waals surface area contributed by atoms with Gasteiger partial charge in [-0.2, -0.15) is 0 Å². The number of para-hydroxylation sites is 1. The Hall–Kier alpha value is -2.04. The first-order valence-electron chi connectivity index (χ1n) is 7.11. The summed E-state index contributed by atoms with van der Waals surface area (Å²) in [5.41, 5.74) is 2.47. The zero-order valence-corrected chi connectivity index (χ0v) is 13.0. The van der Waals surface area contributed by atoms with E-state index in [4.69, 9.17) is 16.3 Å². The van der Waals surface area contributed by atoms with Crippen LogP contribution >= 0.6 is 11.6 Å². The van der Waals surface area contributed by atoms with Gasteiger partial charge in [0, 0.05) is 24.4 Å². The van der Waals surface area contributed by atoms with Crippen LogP contribution in [0.5, 0.6) is 0 Å². The molecule has 1 heterocycles. The fourth-order valence-electron chi connectivity index (χ4n) is 2.65. The van der Waals surface area contributed by atoms with Crippen molar-refractivity contribution in [2.24, 2.45) is 0 Å². The fraction of sp³-hybridized carbons (Fsp3) is 0.235. The highest BCUT2D eigenvalue weighted by Gasteiger charge is 2.32. The Balaban J connectivity index is 2.01. The van der Waals surface area contributed by atoms with Gasteiger partial charge < -0.3 is 15.0 Å². The second-order valence-electron chi connectivity index (χ2n) is 5.14. The highest BCUT2D eigenvalue weighted by molar-refractivity contribution is 6.30.